The lowest BCUT2D eigenvalue weighted by Crippen LogP contribution is -2.14. The molecule has 0 fully saturated rings. The van der Waals surface area contributed by atoms with E-state index < -0.39 is 0 Å². The Morgan fingerprint density at radius 2 is 0.550 bits per heavy atom. The first kappa shape index (κ1) is 56.7. The molecule has 4 heterocycles. The van der Waals surface area contributed by atoms with Crippen LogP contribution in [0.3, 0.4) is 0 Å². The van der Waals surface area contributed by atoms with E-state index in [1.165, 1.54) is 171 Å². The fraction of sp³-hybridized carbons (Fsp3) is 0.0625. The van der Waals surface area contributed by atoms with Gasteiger partial charge in [0, 0.05) is 76.5 Å². The van der Waals surface area contributed by atoms with Gasteiger partial charge in [-0.1, -0.05) is 258 Å². The van der Waals surface area contributed by atoms with E-state index in [0.29, 0.717) is 0 Å². The fourth-order valence-electron chi connectivity index (χ4n) is 18.2. The predicted octanol–water partition coefficient (Wildman–Crippen LogP) is 25.4. The van der Waals surface area contributed by atoms with Crippen LogP contribution < -0.4 is 0 Å². The van der Waals surface area contributed by atoms with Gasteiger partial charge >= 0.3 is 0 Å². The molecular weight excluding hydrogens is 1210 g/mol. The van der Waals surface area contributed by atoms with Crippen molar-refractivity contribution in [3.8, 4) is 89.5 Å². The molecule has 4 nitrogen and oxygen atoms in total. The van der Waals surface area contributed by atoms with E-state index in [1.807, 2.05) is 0 Å². The van der Waals surface area contributed by atoms with Crippen LogP contribution in [-0.2, 0) is 10.8 Å². The smallest absolute Gasteiger partial charge is 0.0549 e. The number of rotatable bonds is 8. The van der Waals surface area contributed by atoms with Gasteiger partial charge in [-0.15, -0.1) is 0 Å². The third-order valence-corrected chi connectivity index (χ3v) is 22.8. The van der Waals surface area contributed by atoms with E-state index in [2.05, 4.69) is 374 Å². The first-order valence-electron chi connectivity index (χ1n) is 35.1. The zero-order chi connectivity index (χ0) is 66.3. The number of nitrogens with zero attached hydrogens (tertiary/aromatic N) is 4. The van der Waals surface area contributed by atoms with Gasteiger partial charge in [-0.3, -0.25) is 0 Å². The summed E-state index contributed by atoms with van der Waals surface area (Å²) < 4.78 is 9.97. The van der Waals surface area contributed by atoms with Crippen molar-refractivity contribution in [1.82, 2.24) is 18.3 Å². The quantitative estimate of drug-likeness (QED) is 0.144. The Kier molecular flexibility index (Phi) is 11.9. The van der Waals surface area contributed by atoms with Gasteiger partial charge in [-0.2, -0.15) is 0 Å². The first-order chi connectivity index (χ1) is 49.2. The number of aromatic nitrogens is 4. The number of para-hydroxylation sites is 3. The minimum absolute atomic E-state index is 0.0688. The number of hydrogen-bond acceptors (Lipinski definition) is 0. The van der Waals surface area contributed by atoms with Crippen LogP contribution in [0, 0.1) is 0 Å². The lowest BCUT2D eigenvalue weighted by Gasteiger charge is -2.21. The molecule has 0 saturated carbocycles. The molecule has 100 heavy (non-hydrogen) atoms. The summed E-state index contributed by atoms with van der Waals surface area (Å²) >= 11 is 0. The SMILES string of the molecule is CC1(C)c2ccccc2-c2c(-c3ccc(-n4c5ccccc5c5c6c7cc(-c8ccc(-c9cccc(-n%10c%11ccccc%11c%11c%12c%13ccccc%13n(-c%13cccc%14c%13-c%13ccccc%13C%14(C)C)c%12ccc%11%10)c9)cc8)ccc7n(-c7ccc(-c8ccccc8)cc7)c6ccc54)cc3)cccc21. The summed E-state index contributed by atoms with van der Waals surface area (Å²) in [6, 6.07) is 123. The Bertz CT molecular complexity index is 6660. The van der Waals surface area contributed by atoms with Crippen LogP contribution in [0.1, 0.15) is 49.9 Å². The van der Waals surface area contributed by atoms with E-state index in [-0.39, 0.29) is 10.8 Å². The third-order valence-electron chi connectivity index (χ3n) is 22.8. The van der Waals surface area contributed by atoms with Crippen LogP contribution in [0.4, 0.5) is 0 Å². The molecule has 0 bridgehead atoms. The Hall–Kier alpha value is -12.5. The maximum Gasteiger partial charge on any atom is 0.0549 e. The Morgan fingerprint density at radius 1 is 0.200 bits per heavy atom. The Labute approximate surface area is 579 Å². The normalized spacial score (nSPS) is 13.6. The molecule has 2 aliphatic rings. The average molecular weight is 1280 g/mol. The molecule has 15 aromatic carbocycles. The standard InChI is InChI=1S/C96H66N4/c1-95(2)76-31-13-8-25-70(76)89-69(30-19-33-78(89)95)63-45-50-67(51-46-63)97-80-35-15-10-27-72(80)92-85(97)53-54-87-94(92)75-58-65(47-52-83(75)98(87)66-48-43-60(44-49-66)59-21-6-5-7-22-59)62-41-39-61(40-42-62)64-23-18-24-68(57-64)99-81-36-16-11-28-73(81)91-86(99)55-56-88-93(91)74-29-12-17-37-82(74)100(88)84-38-20-34-79-90(84)71-26-9-14-32-77(71)96(79,3)4/h5-58H,1-4H3. The van der Waals surface area contributed by atoms with E-state index in [1.54, 1.807) is 0 Å². The van der Waals surface area contributed by atoms with Gasteiger partial charge in [0.2, 0.25) is 0 Å². The minimum atomic E-state index is -0.109. The summed E-state index contributed by atoms with van der Waals surface area (Å²) in [5, 5.41) is 9.98. The Balaban J connectivity index is 0.683. The van der Waals surface area contributed by atoms with Crippen LogP contribution >= 0.6 is 0 Å². The maximum absolute atomic E-state index is 2.54. The predicted molar refractivity (Wildman–Crippen MR) is 421 cm³/mol. The molecular formula is C96H66N4. The molecule has 0 spiro atoms. The van der Waals surface area contributed by atoms with Crippen LogP contribution in [0.2, 0.25) is 0 Å². The van der Waals surface area contributed by atoms with Crippen molar-refractivity contribution < 1.29 is 0 Å². The summed E-state index contributed by atoms with van der Waals surface area (Å²) in [5.41, 5.74) is 34.3. The van der Waals surface area contributed by atoms with Crippen molar-refractivity contribution in [2.75, 3.05) is 0 Å². The summed E-state index contributed by atoms with van der Waals surface area (Å²) in [4.78, 5) is 0. The third kappa shape index (κ3) is 7.93. The van der Waals surface area contributed by atoms with E-state index in [4.69, 9.17) is 0 Å². The lowest BCUT2D eigenvalue weighted by molar-refractivity contribution is 0.660. The summed E-state index contributed by atoms with van der Waals surface area (Å²) in [7, 11) is 0. The minimum Gasteiger partial charge on any atom is -0.309 e. The van der Waals surface area contributed by atoms with Gasteiger partial charge in [0.15, 0.2) is 0 Å². The van der Waals surface area contributed by atoms with Crippen molar-refractivity contribution >= 4 is 87.2 Å². The van der Waals surface area contributed by atoms with Gasteiger partial charge in [-0.25, -0.2) is 0 Å². The second-order valence-corrected chi connectivity index (χ2v) is 28.7. The highest BCUT2D eigenvalue weighted by molar-refractivity contribution is 6.31. The highest BCUT2D eigenvalue weighted by Crippen LogP contribution is 2.55. The topological polar surface area (TPSA) is 19.7 Å². The monoisotopic (exact) mass is 1270 g/mol. The molecule has 0 unspecified atom stereocenters. The zero-order valence-corrected chi connectivity index (χ0v) is 56.0. The summed E-state index contributed by atoms with van der Waals surface area (Å²) in [6.07, 6.45) is 0. The molecule has 4 aromatic heterocycles. The van der Waals surface area contributed by atoms with E-state index >= 15 is 0 Å². The van der Waals surface area contributed by atoms with Gasteiger partial charge in [0.25, 0.3) is 0 Å². The number of hydrogen-bond donors (Lipinski definition) is 0. The van der Waals surface area contributed by atoms with Crippen molar-refractivity contribution in [2.24, 2.45) is 0 Å². The number of fused-ring (bicyclic) bond motifs is 20. The summed E-state index contributed by atoms with van der Waals surface area (Å²) in [6.45, 7) is 9.46. The zero-order valence-electron chi connectivity index (χ0n) is 56.0. The average Bonchev–Trinajstić information content (AvgIpc) is 1.55. The molecule has 0 amide bonds. The Morgan fingerprint density at radius 3 is 1.13 bits per heavy atom. The number of benzene rings is 15. The summed E-state index contributed by atoms with van der Waals surface area (Å²) in [5.74, 6) is 0. The van der Waals surface area contributed by atoms with Crippen LogP contribution in [-0.4, -0.2) is 18.3 Å². The van der Waals surface area contributed by atoms with E-state index in [0.717, 1.165) is 28.2 Å². The van der Waals surface area contributed by atoms with Gasteiger partial charge in [0.1, 0.15) is 0 Å². The molecule has 0 radical (unpaired) electrons. The van der Waals surface area contributed by atoms with Crippen molar-refractivity contribution in [2.45, 2.75) is 38.5 Å². The maximum atomic E-state index is 2.54. The molecule has 21 rings (SSSR count). The van der Waals surface area contributed by atoms with E-state index in [9.17, 15) is 0 Å². The lowest BCUT2D eigenvalue weighted by atomic mass is 9.82. The highest BCUT2D eigenvalue weighted by atomic mass is 15.0. The van der Waals surface area contributed by atoms with Gasteiger partial charge in [-0.05, 0) is 181 Å². The van der Waals surface area contributed by atoms with Crippen LogP contribution in [0.15, 0.2) is 328 Å². The van der Waals surface area contributed by atoms with Crippen LogP contribution in [0.25, 0.3) is 177 Å². The molecule has 2 aliphatic carbocycles. The highest BCUT2D eigenvalue weighted by Gasteiger charge is 2.39. The van der Waals surface area contributed by atoms with Crippen molar-refractivity contribution in [1.29, 1.82) is 0 Å². The molecule has 0 N–H and O–H groups in total. The van der Waals surface area contributed by atoms with Crippen molar-refractivity contribution in [3.05, 3.63) is 350 Å². The van der Waals surface area contributed by atoms with Crippen LogP contribution in [0.5, 0.6) is 0 Å². The molecule has 0 saturated heterocycles. The molecule has 19 aromatic rings. The van der Waals surface area contributed by atoms with Crippen molar-refractivity contribution in [3.63, 3.8) is 0 Å². The molecule has 0 atom stereocenters. The second kappa shape index (κ2) is 21.0. The molecule has 4 heteroatoms. The molecule has 0 aliphatic heterocycles. The van der Waals surface area contributed by atoms with Gasteiger partial charge in [0.05, 0.1) is 49.8 Å². The largest absolute Gasteiger partial charge is 0.309 e. The first-order valence-corrected chi connectivity index (χ1v) is 35.1. The molecule has 470 valence electrons. The fourth-order valence-corrected chi connectivity index (χ4v) is 18.2. The van der Waals surface area contributed by atoms with Gasteiger partial charge < -0.3 is 18.3 Å². The second-order valence-electron chi connectivity index (χ2n) is 28.7.